The maximum atomic E-state index is 11.7. The molecule has 3 amide bonds. The van der Waals surface area contributed by atoms with Crippen molar-refractivity contribution in [2.75, 3.05) is 11.9 Å². The summed E-state index contributed by atoms with van der Waals surface area (Å²) in [6.45, 7) is 3.54. The first-order valence-corrected chi connectivity index (χ1v) is 5.43. The van der Waals surface area contributed by atoms with Crippen LogP contribution in [-0.4, -0.2) is 22.8 Å². The van der Waals surface area contributed by atoms with Crippen molar-refractivity contribution in [2.24, 2.45) is 5.73 Å². The summed E-state index contributed by atoms with van der Waals surface area (Å²) in [5.74, 6) is -0.614. The first-order valence-electron chi connectivity index (χ1n) is 5.03. The molecule has 92 valence electrons. The molecular weight excluding hydrogens is 238 g/mol. The molecule has 0 unspecified atom stereocenters. The van der Waals surface area contributed by atoms with E-state index in [1.54, 1.807) is 0 Å². The molecule has 0 aliphatic rings. The Morgan fingerprint density at radius 1 is 1.35 bits per heavy atom. The first kappa shape index (κ1) is 13.4. The fraction of sp³-hybridized carbons (Fsp3) is 0.273. The Bertz CT molecular complexity index is 428. The topological polar surface area (TPSA) is 75.4 Å². The van der Waals surface area contributed by atoms with E-state index >= 15 is 0 Å². The van der Waals surface area contributed by atoms with Crippen LogP contribution in [0.25, 0.3) is 0 Å². The fourth-order valence-electron chi connectivity index (χ4n) is 1.40. The summed E-state index contributed by atoms with van der Waals surface area (Å²) >= 11 is 3.88. The van der Waals surface area contributed by atoms with Crippen LogP contribution < -0.4 is 11.1 Å². The molecule has 3 N–H and O–H groups in total. The molecule has 1 aromatic rings. The number of anilines is 1. The Kier molecular flexibility index (Phi) is 4.39. The lowest BCUT2D eigenvalue weighted by Gasteiger charge is -2.17. The highest BCUT2D eigenvalue weighted by Crippen LogP contribution is 2.19. The molecule has 0 spiro atoms. The van der Waals surface area contributed by atoms with Gasteiger partial charge in [0.25, 0.3) is 0 Å². The van der Waals surface area contributed by atoms with Gasteiger partial charge in [-0.15, -0.1) is 0 Å². The molecule has 0 aliphatic carbocycles. The van der Waals surface area contributed by atoms with E-state index in [9.17, 15) is 9.59 Å². The van der Waals surface area contributed by atoms with Crippen molar-refractivity contribution in [3.05, 3.63) is 29.3 Å². The molecule has 0 aliphatic heterocycles. The van der Waals surface area contributed by atoms with Crippen LogP contribution in [-0.2, 0) is 4.79 Å². The van der Waals surface area contributed by atoms with Crippen molar-refractivity contribution >= 4 is 30.4 Å². The van der Waals surface area contributed by atoms with Crippen LogP contribution in [0.4, 0.5) is 10.5 Å². The number of urea groups is 1. The third-order valence-electron chi connectivity index (χ3n) is 2.25. The van der Waals surface area contributed by atoms with Crippen molar-refractivity contribution < 1.29 is 9.59 Å². The van der Waals surface area contributed by atoms with Gasteiger partial charge >= 0.3 is 6.03 Å². The van der Waals surface area contributed by atoms with Gasteiger partial charge in [-0.1, -0.05) is 31.0 Å². The van der Waals surface area contributed by atoms with Crippen LogP contribution in [0, 0.1) is 13.8 Å². The van der Waals surface area contributed by atoms with Gasteiger partial charge in [0.1, 0.15) is 6.54 Å². The van der Waals surface area contributed by atoms with E-state index in [1.807, 2.05) is 32.0 Å². The van der Waals surface area contributed by atoms with Crippen molar-refractivity contribution in [2.45, 2.75) is 13.8 Å². The molecular formula is C11H15N3O2S. The summed E-state index contributed by atoms with van der Waals surface area (Å²) in [4.78, 5) is 22.3. The average Bonchev–Trinajstić information content (AvgIpc) is 2.22. The highest BCUT2D eigenvalue weighted by Gasteiger charge is 2.13. The standard InChI is InChI=1S/C11H15N3O2S/c1-7-4-3-5-8(2)10(7)13-11(16)14(17)6-9(12)15/h3-5,17H,6H2,1-2H3,(H2,12,15)(H,13,16). The number of carbonyl (C=O) groups is 2. The van der Waals surface area contributed by atoms with E-state index in [1.165, 1.54) is 0 Å². The molecule has 0 radical (unpaired) electrons. The van der Waals surface area contributed by atoms with Gasteiger partial charge in [0.15, 0.2) is 0 Å². The van der Waals surface area contributed by atoms with E-state index in [0.717, 1.165) is 21.1 Å². The monoisotopic (exact) mass is 253 g/mol. The molecule has 0 saturated carbocycles. The van der Waals surface area contributed by atoms with Gasteiger partial charge in [-0.2, -0.15) is 0 Å². The summed E-state index contributed by atoms with van der Waals surface area (Å²) in [5.41, 5.74) is 7.59. The Balaban J connectivity index is 2.78. The number of primary amides is 1. The quantitative estimate of drug-likeness (QED) is 0.713. The Labute approximate surface area is 106 Å². The number of rotatable bonds is 3. The maximum absolute atomic E-state index is 11.7. The molecule has 17 heavy (non-hydrogen) atoms. The summed E-state index contributed by atoms with van der Waals surface area (Å²) in [5, 5.41) is 2.69. The van der Waals surface area contributed by atoms with E-state index in [4.69, 9.17) is 5.73 Å². The number of hydrogen-bond donors (Lipinski definition) is 3. The van der Waals surface area contributed by atoms with E-state index in [0.29, 0.717) is 0 Å². The normalized spacial score (nSPS) is 9.82. The van der Waals surface area contributed by atoms with Crippen LogP contribution in [0.1, 0.15) is 11.1 Å². The number of aryl methyl sites for hydroxylation is 2. The second-order valence-electron chi connectivity index (χ2n) is 3.72. The highest BCUT2D eigenvalue weighted by atomic mass is 32.1. The molecule has 0 heterocycles. The zero-order valence-corrected chi connectivity index (χ0v) is 10.6. The summed E-state index contributed by atoms with van der Waals surface area (Å²) in [7, 11) is 0. The van der Waals surface area contributed by atoms with Crippen LogP contribution in [0.2, 0.25) is 0 Å². The van der Waals surface area contributed by atoms with Crippen molar-refractivity contribution in [1.82, 2.24) is 4.31 Å². The molecule has 6 heteroatoms. The zero-order chi connectivity index (χ0) is 13.0. The maximum Gasteiger partial charge on any atom is 0.332 e. The number of hydrogen-bond acceptors (Lipinski definition) is 3. The highest BCUT2D eigenvalue weighted by molar-refractivity contribution is 7.78. The molecule has 1 rings (SSSR count). The first-order chi connectivity index (χ1) is 7.91. The predicted octanol–water partition coefficient (Wildman–Crippen LogP) is 1.47. The number of thiol groups is 1. The minimum absolute atomic E-state index is 0.236. The number of benzene rings is 1. The molecule has 0 aromatic heterocycles. The lowest BCUT2D eigenvalue weighted by Crippen LogP contribution is -2.34. The summed E-state index contributed by atoms with van der Waals surface area (Å²) in [6.07, 6.45) is 0. The van der Waals surface area contributed by atoms with E-state index in [-0.39, 0.29) is 6.54 Å². The lowest BCUT2D eigenvalue weighted by atomic mass is 10.1. The van der Waals surface area contributed by atoms with Crippen LogP contribution in [0.15, 0.2) is 18.2 Å². The second-order valence-corrected chi connectivity index (χ2v) is 4.20. The second kappa shape index (κ2) is 5.58. The molecule has 5 nitrogen and oxygen atoms in total. The van der Waals surface area contributed by atoms with Crippen LogP contribution in [0.3, 0.4) is 0 Å². The van der Waals surface area contributed by atoms with Crippen LogP contribution in [0.5, 0.6) is 0 Å². The summed E-state index contributed by atoms with van der Waals surface area (Å²) < 4.78 is 0.939. The Morgan fingerprint density at radius 2 is 1.88 bits per heavy atom. The molecule has 0 bridgehead atoms. The molecule has 0 saturated heterocycles. The Morgan fingerprint density at radius 3 is 2.35 bits per heavy atom. The van der Waals surface area contributed by atoms with Gasteiger partial charge in [-0.3, -0.25) is 9.10 Å². The average molecular weight is 253 g/mol. The third-order valence-corrected chi connectivity index (χ3v) is 2.58. The number of nitrogens with two attached hydrogens (primary N) is 1. The number of nitrogens with zero attached hydrogens (tertiary/aromatic N) is 1. The van der Waals surface area contributed by atoms with Gasteiger partial charge in [0, 0.05) is 5.69 Å². The van der Waals surface area contributed by atoms with Crippen molar-refractivity contribution in [1.29, 1.82) is 0 Å². The third kappa shape index (κ3) is 3.67. The SMILES string of the molecule is Cc1cccc(C)c1NC(=O)N(S)CC(N)=O. The fourth-order valence-corrected chi connectivity index (χ4v) is 1.59. The van der Waals surface area contributed by atoms with Crippen LogP contribution >= 0.6 is 12.8 Å². The number of para-hydroxylation sites is 1. The lowest BCUT2D eigenvalue weighted by molar-refractivity contribution is -0.117. The van der Waals surface area contributed by atoms with Gasteiger partial charge < -0.3 is 11.1 Å². The zero-order valence-electron chi connectivity index (χ0n) is 9.73. The van der Waals surface area contributed by atoms with Crippen molar-refractivity contribution in [3.63, 3.8) is 0 Å². The van der Waals surface area contributed by atoms with Gasteiger partial charge in [-0.05, 0) is 25.0 Å². The minimum atomic E-state index is -0.614. The molecule has 1 aromatic carbocycles. The minimum Gasteiger partial charge on any atom is -0.368 e. The van der Waals surface area contributed by atoms with Crippen molar-refractivity contribution in [3.8, 4) is 0 Å². The largest absolute Gasteiger partial charge is 0.368 e. The smallest absolute Gasteiger partial charge is 0.332 e. The predicted molar refractivity (Wildman–Crippen MR) is 69.8 cm³/mol. The molecule has 0 atom stereocenters. The number of carbonyl (C=O) groups excluding carboxylic acids is 2. The Hall–Kier alpha value is -1.69. The molecule has 0 fully saturated rings. The van der Waals surface area contributed by atoms with Gasteiger partial charge in [-0.25, -0.2) is 4.79 Å². The number of amides is 3. The van der Waals surface area contributed by atoms with E-state index in [2.05, 4.69) is 18.1 Å². The van der Waals surface area contributed by atoms with E-state index < -0.39 is 11.9 Å². The van der Waals surface area contributed by atoms with Gasteiger partial charge in [0.05, 0.1) is 0 Å². The van der Waals surface area contributed by atoms with Gasteiger partial charge in [0.2, 0.25) is 5.91 Å². The summed E-state index contributed by atoms with van der Waals surface area (Å²) in [6, 6.07) is 5.20. The number of nitrogens with one attached hydrogen (secondary N) is 1.